The Labute approximate surface area is 86.4 Å². The molecule has 0 saturated heterocycles. The molecule has 2 rings (SSSR count). The summed E-state index contributed by atoms with van der Waals surface area (Å²) in [5, 5.41) is 4.27. The molecule has 1 atom stereocenters. The van der Waals surface area contributed by atoms with Crippen LogP contribution in [0, 0.1) is 5.41 Å². The second kappa shape index (κ2) is 2.74. The summed E-state index contributed by atoms with van der Waals surface area (Å²) in [6.45, 7) is 4.47. The van der Waals surface area contributed by atoms with Gasteiger partial charge in [0.1, 0.15) is 5.82 Å². The van der Waals surface area contributed by atoms with Crippen LogP contribution in [0.2, 0.25) is 0 Å². The first-order valence-corrected chi connectivity index (χ1v) is 5.32. The van der Waals surface area contributed by atoms with Crippen LogP contribution in [0.1, 0.15) is 32.7 Å². The van der Waals surface area contributed by atoms with Crippen LogP contribution in [-0.4, -0.2) is 9.78 Å². The predicted octanol–water partition coefficient (Wildman–Crippen LogP) is 2.59. The normalized spacial score (nSPS) is 21.5. The lowest BCUT2D eigenvalue weighted by atomic mass is 10.0. The van der Waals surface area contributed by atoms with Gasteiger partial charge >= 0.3 is 0 Å². The van der Waals surface area contributed by atoms with E-state index in [1.807, 2.05) is 4.68 Å². The zero-order chi connectivity index (χ0) is 9.64. The molecule has 0 aromatic carbocycles. The van der Waals surface area contributed by atoms with Crippen LogP contribution < -0.4 is 5.73 Å². The molecule has 0 bridgehead atoms. The van der Waals surface area contributed by atoms with Crippen LogP contribution in [0.3, 0.4) is 0 Å². The van der Waals surface area contributed by atoms with Crippen LogP contribution in [0.5, 0.6) is 0 Å². The Kier molecular flexibility index (Phi) is 1.91. The standard InChI is InChI=1S/C9H14BrN3/c1-6(9(2)3-4-9)13-8(11)7(10)5-12-13/h5-6H,3-4,11H2,1-2H3. The van der Waals surface area contributed by atoms with Gasteiger partial charge in [0.05, 0.1) is 16.7 Å². The Morgan fingerprint density at radius 2 is 2.31 bits per heavy atom. The van der Waals surface area contributed by atoms with Crippen molar-refractivity contribution in [2.45, 2.75) is 32.7 Å². The lowest BCUT2D eigenvalue weighted by Crippen LogP contribution is -2.18. The third-order valence-electron chi connectivity index (χ3n) is 3.20. The van der Waals surface area contributed by atoms with Gasteiger partial charge < -0.3 is 5.73 Å². The molecule has 3 nitrogen and oxygen atoms in total. The number of nitrogens with zero attached hydrogens (tertiary/aromatic N) is 2. The summed E-state index contributed by atoms with van der Waals surface area (Å²) in [6, 6.07) is 0.402. The number of nitrogen functional groups attached to an aromatic ring is 1. The molecule has 1 heterocycles. The molecule has 1 aromatic rings. The lowest BCUT2D eigenvalue weighted by molar-refractivity contribution is 0.335. The molecule has 1 aliphatic carbocycles. The number of nitrogens with two attached hydrogens (primary N) is 1. The first-order valence-electron chi connectivity index (χ1n) is 4.53. The van der Waals surface area contributed by atoms with Gasteiger partial charge in [-0.3, -0.25) is 0 Å². The number of rotatable bonds is 2. The van der Waals surface area contributed by atoms with Crippen LogP contribution in [0.4, 0.5) is 5.82 Å². The fourth-order valence-corrected chi connectivity index (χ4v) is 1.84. The minimum atomic E-state index is 0.402. The van der Waals surface area contributed by atoms with Crippen molar-refractivity contribution in [2.24, 2.45) is 5.41 Å². The largest absolute Gasteiger partial charge is 0.383 e. The Morgan fingerprint density at radius 3 is 2.69 bits per heavy atom. The van der Waals surface area contributed by atoms with Crippen molar-refractivity contribution in [3.63, 3.8) is 0 Å². The third-order valence-corrected chi connectivity index (χ3v) is 3.81. The second-order valence-electron chi connectivity index (χ2n) is 4.15. The number of halogens is 1. The van der Waals surface area contributed by atoms with Gasteiger partial charge in [0, 0.05) is 0 Å². The van der Waals surface area contributed by atoms with Gasteiger partial charge in [-0.2, -0.15) is 5.10 Å². The first-order chi connectivity index (χ1) is 6.04. The molecule has 0 amide bonds. The maximum Gasteiger partial charge on any atom is 0.136 e. The molecule has 1 aromatic heterocycles. The second-order valence-corrected chi connectivity index (χ2v) is 5.01. The molecule has 13 heavy (non-hydrogen) atoms. The highest BCUT2D eigenvalue weighted by atomic mass is 79.9. The Hall–Kier alpha value is -0.510. The van der Waals surface area contributed by atoms with Gasteiger partial charge in [0.15, 0.2) is 0 Å². The van der Waals surface area contributed by atoms with Gasteiger partial charge in [0.2, 0.25) is 0 Å². The first kappa shape index (κ1) is 9.06. The van der Waals surface area contributed by atoms with Crippen LogP contribution in [0.25, 0.3) is 0 Å². The van der Waals surface area contributed by atoms with Gasteiger partial charge in [-0.25, -0.2) is 4.68 Å². The molecule has 72 valence electrons. The zero-order valence-electron chi connectivity index (χ0n) is 7.92. The van der Waals surface area contributed by atoms with E-state index in [4.69, 9.17) is 5.73 Å². The van der Waals surface area contributed by atoms with E-state index >= 15 is 0 Å². The van der Waals surface area contributed by atoms with Gasteiger partial charge in [-0.1, -0.05) is 6.92 Å². The summed E-state index contributed by atoms with van der Waals surface area (Å²) in [6.07, 6.45) is 4.33. The summed E-state index contributed by atoms with van der Waals surface area (Å²) >= 11 is 3.36. The molecule has 0 spiro atoms. The van der Waals surface area contributed by atoms with E-state index in [-0.39, 0.29) is 0 Å². The molecule has 0 aliphatic heterocycles. The number of hydrogen-bond donors (Lipinski definition) is 1. The fraction of sp³-hybridized carbons (Fsp3) is 0.667. The molecule has 1 unspecified atom stereocenters. The number of anilines is 1. The molecule has 1 fully saturated rings. The molecular formula is C9H14BrN3. The molecule has 4 heteroatoms. The quantitative estimate of drug-likeness (QED) is 0.868. The van der Waals surface area contributed by atoms with Crippen molar-refractivity contribution in [3.8, 4) is 0 Å². The van der Waals surface area contributed by atoms with Crippen molar-refractivity contribution in [3.05, 3.63) is 10.7 Å². The fourth-order valence-electron chi connectivity index (χ4n) is 1.57. The molecule has 1 aliphatic rings. The van der Waals surface area contributed by atoms with Gasteiger partial charge in [-0.15, -0.1) is 0 Å². The third kappa shape index (κ3) is 1.37. The summed E-state index contributed by atoms with van der Waals surface area (Å²) < 4.78 is 2.81. The minimum Gasteiger partial charge on any atom is -0.383 e. The molecule has 1 saturated carbocycles. The summed E-state index contributed by atoms with van der Waals surface area (Å²) in [5.74, 6) is 0.737. The zero-order valence-corrected chi connectivity index (χ0v) is 9.50. The highest BCUT2D eigenvalue weighted by molar-refractivity contribution is 9.10. The minimum absolute atomic E-state index is 0.402. The molecular weight excluding hydrogens is 230 g/mol. The maximum absolute atomic E-state index is 5.88. The van der Waals surface area contributed by atoms with E-state index in [1.165, 1.54) is 12.8 Å². The smallest absolute Gasteiger partial charge is 0.136 e. The lowest BCUT2D eigenvalue weighted by Gasteiger charge is -2.20. The van der Waals surface area contributed by atoms with Crippen molar-refractivity contribution < 1.29 is 0 Å². The highest BCUT2D eigenvalue weighted by Crippen LogP contribution is 2.53. The average molecular weight is 244 g/mol. The van der Waals surface area contributed by atoms with Crippen molar-refractivity contribution in [2.75, 3.05) is 5.73 Å². The number of aromatic nitrogens is 2. The van der Waals surface area contributed by atoms with Crippen molar-refractivity contribution >= 4 is 21.7 Å². The Balaban J connectivity index is 2.30. The molecule has 0 radical (unpaired) electrons. The van der Waals surface area contributed by atoms with E-state index in [2.05, 4.69) is 34.9 Å². The monoisotopic (exact) mass is 243 g/mol. The van der Waals surface area contributed by atoms with Crippen molar-refractivity contribution in [1.82, 2.24) is 9.78 Å². The predicted molar refractivity (Wildman–Crippen MR) is 56.4 cm³/mol. The van der Waals surface area contributed by atoms with Gasteiger partial charge in [0.25, 0.3) is 0 Å². The Bertz CT molecular complexity index is 328. The van der Waals surface area contributed by atoms with E-state index in [9.17, 15) is 0 Å². The van der Waals surface area contributed by atoms with Crippen LogP contribution >= 0.6 is 15.9 Å². The summed E-state index contributed by atoms with van der Waals surface area (Å²) in [5.41, 5.74) is 6.30. The van der Waals surface area contributed by atoms with E-state index in [0.717, 1.165) is 10.3 Å². The maximum atomic E-state index is 5.88. The van der Waals surface area contributed by atoms with E-state index in [1.54, 1.807) is 6.20 Å². The highest BCUT2D eigenvalue weighted by Gasteiger charge is 2.44. The summed E-state index contributed by atoms with van der Waals surface area (Å²) in [4.78, 5) is 0. The van der Waals surface area contributed by atoms with Crippen LogP contribution in [-0.2, 0) is 0 Å². The van der Waals surface area contributed by atoms with Crippen molar-refractivity contribution in [1.29, 1.82) is 0 Å². The van der Waals surface area contributed by atoms with E-state index in [0.29, 0.717) is 11.5 Å². The SMILES string of the molecule is CC(n1ncc(Br)c1N)C1(C)CC1. The van der Waals surface area contributed by atoms with E-state index < -0.39 is 0 Å². The molecule has 2 N–H and O–H groups in total. The average Bonchev–Trinajstić information content (AvgIpc) is 2.76. The van der Waals surface area contributed by atoms with Gasteiger partial charge in [-0.05, 0) is 41.1 Å². The summed E-state index contributed by atoms with van der Waals surface area (Å²) in [7, 11) is 0. The Morgan fingerprint density at radius 1 is 1.69 bits per heavy atom. The number of hydrogen-bond acceptors (Lipinski definition) is 2. The topological polar surface area (TPSA) is 43.8 Å². The van der Waals surface area contributed by atoms with Crippen LogP contribution in [0.15, 0.2) is 10.7 Å².